The van der Waals surface area contributed by atoms with Gasteiger partial charge < -0.3 is 10.6 Å². The van der Waals surface area contributed by atoms with Crippen LogP contribution in [0.15, 0.2) is 26.9 Å². The molecule has 0 spiro atoms. The number of thioether (sulfide) groups is 2. The van der Waals surface area contributed by atoms with Gasteiger partial charge in [0.05, 0.1) is 16.7 Å². The Morgan fingerprint density at radius 1 is 1.26 bits per heavy atom. The van der Waals surface area contributed by atoms with E-state index in [1.54, 1.807) is 6.92 Å². The standard InChI is InChI=1S/C16H18F2N4O2S3/c1-3-6-19-13(23)8-25-15-21-22-16(27-15)26-9(2)14(24)20-12-7-10(17)4-5-11(12)18/h4-5,7,9H,3,6,8H2,1-2H3,(H,19,23)(H,20,24). The van der Waals surface area contributed by atoms with Gasteiger partial charge in [0.25, 0.3) is 0 Å². The number of nitrogens with one attached hydrogen (secondary N) is 2. The van der Waals surface area contributed by atoms with Gasteiger partial charge in [0.1, 0.15) is 11.6 Å². The van der Waals surface area contributed by atoms with Gasteiger partial charge in [-0.05, 0) is 25.5 Å². The number of carbonyl (C=O) groups excluding carboxylic acids is 2. The quantitative estimate of drug-likeness (QED) is 0.590. The van der Waals surface area contributed by atoms with Crippen LogP contribution in [0.4, 0.5) is 14.5 Å². The van der Waals surface area contributed by atoms with Gasteiger partial charge in [-0.1, -0.05) is 41.8 Å². The fourth-order valence-electron chi connectivity index (χ4n) is 1.78. The number of nitrogens with zero attached hydrogens (tertiary/aromatic N) is 2. The van der Waals surface area contributed by atoms with E-state index in [9.17, 15) is 18.4 Å². The number of aromatic nitrogens is 2. The Bertz CT molecular complexity index is 804. The summed E-state index contributed by atoms with van der Waals surface area (Å²) in [4.78, 5) is 23.8. The Balaban J connectivity index is 1.85. The molecule has 0 aliphatic carbocycles. The Hall–Kier alpha value is -1.72. The lowest BCUT2D eigenvalue weighted by molar-refractivity contribution is -0.118. The Labute approximate surface area is 167 Å². The van der Waals surface area contributed by atoms with Crippen LogP contribution in [0.25, 0.3) is 0 Å². The van der Waals surface area contributed by atoms with Crippen LogP contribution >= 0.6 is 34.9 Å². The van der Waals surface area contributed by atoms with Crippen LogP contribution in [0.3, 0.4) is 0 Å². The molecule has 11 heteroatoms. The number of halogens is 2. The summed E-state index contributed by atoms with van der Waals surface area (Å²) in [7, 11) is 0. The molecule has 146 valence electrons. The highest BCUT2D eigenvalue weighted by molar-refractivity contribution is 8.04. The summed E-state index contributed by atoms with van der Waals surface area (Å²) in [6.07, 6.45) is 0.871. The predicted octanol–water partition coefficient (Wildman–Crippen LogP) is 3.55. The lowest BCUT2D eigenvalue weighted by Crippen LogP contribution is -2.25. The summed E-state index contributed by atoms with van der Waals surface area (Å²) in [6, 6.07) is 2.85. The monoisotopic (exact) mass is 432 g/mol. The molecule has 1 unspecified atom stereocenters. The molecule has 2 amide bonds. The average Bonchev–Trinajstić information content (AvgIpc) is 3.08. The highest BCUT2D eigenvalue weighted by atomic mass is 32.2. The molecule has 27 heavy (non-hydrogen) atoms. The number of benzene rings is 1. The molecule has 0 saturated carbocycles. The molecule has 0 aliphatic rings. The van der Waals surface area contributed by atoms with Crippen molar-refractivity contribution in [3.8, 4) is 0 Å². The Kier molecular flexibility index (Phi) is 8.45. The van der Waals surface area contributed by atoms with Gasteiger partial charge in [0.2, 0.25) is 11.8 Å². The van der Waals surface area contributed by atoms with Crippen LogP contribution in [0.1, 0.15) is 20.3 Å². The van der Waals surface area contributed by atoms with Gasteiger partial charge in [-0.25, -0.2) is 8.78 Å². The summed E-state index contributed by atoms with van der Waals surface area (Å²) >= 11 is 3.69. The van der Waals surface area contributed by atoms with Crippen molar-refractivity contribution in [1.29, 1.82) is 0 Å². The predicted molar refractivity (Wildman–Crippen MR) is 104 cm³/mol. The summed E-state index contributed by atoms with van der Waals surface area (Å²) in [6.45, 7) is 4.24. The number of carbonyl (C=O) groups is 2. The van der Waals surface area contributed by atoms with E-state index in [0.717, 1.165) is 36.4 Å². The van der Waals surface area contributed by atoms with Gasteiger partial charge in [0, 0.05) is 12.6 Å². The fourth-order valence-corrected chi connectivity index (χ4v) is 4.77. The minimum Gasteiger partial charge on any atom is -0.355 e. The van der Waals surface area contributed by atoms with Crippen molar-refractivity contribution in [1.82, 2.24) is 15.5 Å². The van der Waals surface area contributed by atoms with E-state index in [-0.39, 0.29) is 17.3 Å². The van der Waals surface area contributed by atoms with Crippen LogP contribution in [-0.2, 0) is 9.59 Å². The van der Waals surface area contributed by atoms with Crippen LogP contribution in [-0.4, -0.2) is 39.6 Å². The van der Waals surface area contributed by atoms with Crippen molar-refractivity contribution in [2.24, 2.45) is 0 Å². The van der Waals surface area contributed by atoms with Crippen LogP contribution in [0.2, 0.25) is 0 Å². The van der Waals surface area contributed by atoms with Crippen LogP contribution < -0.4 is 10.6 Å². The lowest BCUT2D eigenvalue weighted by Gasteiger charge is -2.10. The lowest BCUT2D eigenvalue weighted by atomic mass is 10.3. The molecule has 0 radical (unpaired) electrons. The van der Waals surface area contributed by atoms with Crippen molar-refractivity contribution in [2.45, 2.75) is 34.2 Å². The van der Waals surface area contributed by atoms with Gasteiger partial charge in [0.15, 0.2) is 8.68 Å². The molecular formula is C16H18F2N4O2S3. The van der Waals surface area contributed by atoms with Crippen molar-refractivity contribution in [3.05, 3.63) is 29.8 Å². The summed E-state index contributed by atoms with van der Waals surface area (Å²) in [5.74, 6) is -1.66. The number of amides is 2. The first-order valence-electron chi connectivity index (χ1n) is 8.04. The molecule has 2 rings (SSSR count). The van der Waals surface area contributed by atoms with Crippen molar-refractivity contribution < 1.29 is 18.4 Å². The molecule has 0 aliphatic heterocycles. The van der Waals surface area contributed by atoms with E-state index in [1.165, 1.54) is 23.1 Å². The van der Waals surface area contributed by atoms with E-state index >= 15 is 0 Å². The normalized spacial score (nSPS) is 11.9. The molecule has 2 aromatic rings. The molecule has 0 bridgehead atoms. The molecule has 1 heterocycles. The average molecular weight is 433 g/mol. The highest BCUT2D eigenvalue weighted by Gasteiger charge is 2.19. The molecule has 0 saturated heterocycles. The molecule has 1 atom stereocenters. The third-order valence-corrected chi connectivity index (χ3v) is 6.36. The second-order valence-electron chi connectivity index (χ2n) is 5.35. The van der Waals surface area contributed by atoms with E-state index in [0.29, 0.717) is 15.2 Å². The molecular weight excluding hydrogens is 414 g/mol. The van der Waals surface area contributed by atoms with Gasteiger partial charge in [-0.15, -0.1) is 10.2 Å². The summed E-state index contributed by atoms with van der Waals surface area (Å²) in [5.41, 5.74) is -0.209. The van der Waals surface area contributed by atoms with Gasteiger partial charge >= 0.3 is 0 Å². The third kappa shape index (κ3) is 7.07. The van der Waals surface area contributed by atoms with Crippen molar-refractivity contribution in [2.75, 3.05) is 17.6 Å². The number of hydrogen-bond donors (Lipinski definition) is 2. The van der Waals surface area contributed by atoms with E-state index in [1.807, 2.05) is 6.92 Å². The number of anilines is 1. The first-order valence-corrected chi connectivity index (χ1v) is 10.7. The number of hydrogen-bond acceptors (Lipinski definition) is 7. The topological polar surface area (TPSA) is 84.0 Å². The fraction of sp³-hybridized carbons (Fsp3) is 0.375. The van der Waals surface area contributed by atoms with Gasteiger partial charge in [-0.2, -0.15) is 0 Å². The summed E-state index contributed by atoms with van der Waals surface area (Å²) in [5, 5.41) is 12.5. The van der Waals surface area contributed by atoms with E-state index in [2.05, 4.69) is 20.8 Å². The molecule has 0 fully saturated rings. The van der Waals surface area contributed by atoms with Crippen molar-refractivity contribution in [3.63, 3.8) is 0 Å². The SMILES string of the molecule is CCCNC(=O)CSc1nnc(SC(C)C(=O)Nc2cc(F)ccc2F)s1. The van der Waals surface area contributed by atoms with Crippen molar-refractivity contribution >= 4 is 52.4 Å². The zero-order valence-electron chi connectivity index (χ0n) is 14.6. The maximum Gasteiger partial charge on any atom is 0.237 e. The zero-order chi connectivity index (χ0) is 19.8. The third-order valence-electron chi connectivity index (χ3n) is 3.12. The zero-order valence-corrected chi connectivity index (χ0v) is 17.1. The minimum atomic E-state index is -0.710. The second kappa shape index (κ2) is 10.6. The maximum absolute atomic E-state index is 13.6. The molecule has 6 nitrogen and oxygen atoms in total. The molecule has 2 N–H and O–H groups in total. The van der Waals surface area contributed by atoms with Crippen LogP contribution in [0, 0.1) is 11.6 Å². The highest BCUT2D eigenvalue weighted by Crippen LogP contribution is 2.31. The second-order valence-corrected chi connectivity index (χ2v) is 9.13. The summed E-state index contributed by atoms with van der Waals surface area (Å²) < 4.78 is 28.0. The van der Waals surface area contributed by atoms with Gasteiger partial charge in [-0.3, -0.25) is 9.59 Å². The number of rotatable bonds is 9. The first-order chi connectivity index (χ1) is 12.9. The Morgan fingerprint density at radius 3 is 2.74 bits per heavy atom. The van der Waals surface area contributed by atoms with Crippen LogP contribution in [0.5, 0.6) is 0 Å². The first kappa shape index (κ1) is 21.6. The Morgan fingerprint density at radius 2 is 2.00 bits per heavy atom. The largest absolute Gasteiger partial charge is 0.355 e. The minimum absolute atomic E-state index is 0.0730. The van der Waals surface area contributed by atoms with E-state index < -0.39 is 22.8 Å². The maximum atomic E-state index is 13.6. The smallest absolute Gasteiger partial charge is 0.237 e. The molecule has 1 aromatic carbocycles. The van der Waals surface area contributed by atoms with E-state index in [4.69, 9.17) is 0 Å². The molecule has 1 aromatic heterocycles.